The van der Waals surface area contributed by atoms with Gasteiger partial charge < -0.3 is 9.88 Å². The number of hydrogen-bond acceptors (Lipinski definition) is 3. The van der Waals surface area contributed by atoms with E-state index >= 15 is 0 Å². The van der Waals surface area contributed by atoms with Gasteiger partial charge in [-0.05, 0) is 43.3 Å². The van der Waals surface area contributed by atoms with Gasteiger partial charge in [-0.1, -0.05) is 0 Å². The monoisotopic (exact) mass is 266 g/mol. The summed E-state index contributed by atoms with van der Waals surface area (Å²) in [7, 11) is 1.88. The Balaban J connectivity index is 1.43. The van der Waals surface area contributed by atoms with Crippen molar-refractivity contribution in [2.75, 3.05) is 6.54 Å². The van der Waals surface area contributed by atoms with Crippen molar-refractivity contribution in [2.45, 2.75) is 25.7 Å². The minimum absolute atomic E-state index is 0.226. The summed E-state index contributed by atoms with van der Waals surface area (Å²) < 4.78 is 2.46. The largest absolute Gasteiger partial charge is 0.355 e. The van der Waals surface area contributed by atoms with Crippen molar-refractivity contribution in [3.05, 3.63) is 10.6 Å². The van der Waals surface area contributed by atoms with E-state index in [0.717, 1.165) is 24.6 Å². The number of nitrogens with one attached hydrogen (secondary N) is 2. The van der Waals surface area contributed by atoms with Crippen LogP contribution in [0.15, 0.2) is 0 Å². The number of nitrogens with zero attached hydrogens (tertiary/aromatic N) is 2. The van der Waals surface area contributed by atoms with E-state index in [1.165, 1.54) is 12.8 Å². The smallest absolute Gasteiger partial charge is 0.223 e. The molecule has 5 nitrogen and oxygen atoms in total. The van der Waals surface area contributed by atoms with E-state index < -0.39 is 0 Å². The molecule has 0 bridgehead atoms. The van der Waals surface area contributed by atoms with Crippen molar-refractivity contribution < 1.29 is 4.79 Å². The second kappa shape index (κ2) is 4.50. The van der Waals surface area contributed by atoms with Gasteiger partial charge in [0.25, 0.3) is 0 Å². The molecule has 3 rings (SSSR count). The number of aromatic nitrogens is 3. The summed E-state index contributed by atoms with van der Waals surface area (Å²) in [6.45, 7) is 0.639. The van der Waals surface area contributed by atoms with Gasteiger partial charge in [0.2, 0.25) is 5.91 Å². The van der Waals surface area contributed by atoms with Crippen LogP contribution in [0.25, 0.3) is 0 Å². The summed E-state index contributed by atoms with van der Waals surface area (Å²) in [4.78, 5) is 11.9. The normalized spacial score (nSPS) is 26.1. The van der Waals surface area contributed by atoms with Gasteiger partial charge in [-0.2, -0.15) is 5.10 Å². The molecule has 1 aromatic rings. The van der Waals surface area contributed by atoms with E-state index in [2.05, 4.69) is 15.5 Å². The third-order valence-corrected chi connectivity index (χ3v) is 4.39. The lowest BCUT2D eigenvalue weighted by atomic mass is 10.2. The molecular weight excluding hydrogens is 248 g/mol. The Morgan fingerprint density at radius 3 is 3.00 bits per heavy atom. The van der Waals surface area contributed by atoms with Gasteiger partial charge in [-0.25, -0.2) is 0 Å². The number of carbonyl (C=O) groups excluding carboxylic acids is 1. The molecule has 0 radical (unpaired) electrons. The molecule has 1 amide bonds. The molecular formula is C12H18N4OS. The SMILES string of the molecule is Cn1c(CCNC(=O)C2CC2C2CC2)n[nH]c1=S. The fourth-order valence-electron chi connectivity index (χ4n) is 2.59. The summed E-state index contributed by atoms with van der Waals surface area (Å²) in [5.74, 6) is 2.94. The lowest BCUT2D eigenvalue weighted by Crippen LogP contribution is -2.28. The Morgan fingerprint density at radius 2 is 2.39 bits per heavy atom. The number of rotatable bonds is 5. The van der Waals surface area contributed by atoms with Crippen molar-refractivity contribution in [1.82, 2.24) is 20.1 Å². The Labute approximate surface area is 111 Å². The van der Waals surface area contributed by atoms with Crippen LogP contribution in [0.1, 0.15) is 25.1 Å². The number of hydrogen-bond donors (Lipinski definition) is 2. The molecule has 0 aliphatic heterocycles. The van der Waals surface area contributed by atoms with Crippen molar-refractivity contribution in [3.63, 3.8) is 0 Å². The molecule has 2 aliphatic carbocycles. The maximum absolute atomic E-state index is 11.9. The Kier molecular flexibility index (Phi) is 2.97. The predicted octanol–water partition coefficient (Wildman–Crippen LogP) is 1.18. The zero-order chi connectivity index (χ0) is 12.7. The first-order valence-corrected chi connectivity index (χ1v) is 6.95. The lowest BCUT2D eigenvalue weighted by molar-refractivity contribution is -0.122. The lowest BCUT2D eigenvalue weighted by Gasteiger charge is -2.04. The van der Waals surface area contributed by atoms with E-state index in [4.69, 9.17) is 12.2 Å². The van der Waals surface area contributed by atoms with E-state index in [0.29, 0.717) is 23.2 Å². The Morgan fingerprint density at radius 1 is 1.61 bits per heavy atom. The highest BCUT2D eigenvalue weighted by molar-refractivity contribution is 7.71. The molecule has 2 aliphatic rings. The van der Waals surface area contributed by atoms with E-state index in [1.807, 2.05) is 11.6 Å². The van der Waals surface area contributed by atoms with Crippen LogP contribution >= 0.6 is 12.2 Å². The number of carbonyl (C=O) groups is 1. The number of H-pyrrole nitrogens is 1. The fourth-order valence-corrected chi connectivity index (χ4v) is 2.74. The topological polar surface area (TPSA) is 62.7 Å². The molecule has 2 unspecified atom stereocenters. The summed E-state index contributed by atoms with van der Waals surface area (Å²) in [6.07, 6.45) is 4.48. The van der Waals surface area contributed by atoms with Crippen molar-refractivity contribution in [1.29, 1.82) is 0 Å². The van der Waals surface area contributed by atoms with E-state index in [1.54, 1.807) is 0 Å². The standard InChI is InChI=1S/C12H18N4OS/c1-16-10(14-15-12(16)18)4-5-13-11(17)9-6-8(9)7-2-3-7/h7-9H,2-6H2,1H3,(H,13,17)(H,15,18). The average molecular weight is 266 g/mol. The predicted molar refractivity (Wildman–Crippen MR) is 69.4 cm³/mol. The van der Waals surface area contributed by atoms with Crippen LogP contribution in [0.3, 0.4) is 0 Å². The fraction of sp³-hybridized carbons (Fsp3) is 0.750. The summed E-state index contributed by atoms with van der Waals surface area (Å²) in [5.41, 5.74) is 0. The molecule has 2 atom stereocenters. The third-order valence-electron chi connectivity index (χ3n) is 4.02. The van der Waals surface area contributed by atoms with Gasteiger partial charge in [-0.15, -0.1) is 0 Å². The molecule has 2 fully saturated rings. The van der Waals surface area contributed by atoms with Crippen molar-refractivity contribution in [2.24, 2.45) is 24.8 Å². The van der Waals surface area contributed by atoms with E-state index in [-0.39, 0.29) is 5.91 Å². The number of aromatic amines is 1. The van der Waals surface area contributed by atoms with Crippen LogP contribution in [0.2, 0.25) is 0 Å². The molecule has 0 saturated heterocycles. The van der Waals surface area contributed by atoms with Crippen LogP contribution < -0.4 is 5.32 Å². The molecule has 0 aromatic carbocycles. The zero-order valence-corrected chi connectivity index (χ0v) is 11.3. The zero-order valence-electron chi connectivity index (χ0n) is 10.5. The third kappa shape index (κ3) is 2.34. The van der Waals surface area contributed by atoms with Crippen LogP contribution in [-0.2, 0) is 18.3 Å². The van der Waals surface area contributed by atoms with Crippen LogP contribution in [0.4, 0.5) is 0 Å². The molecule has 2 N–H and O–H groups in total. The van der Waals surface area contributed by atoms with Gasteiger partial charge in [0.1, 0.15) is 5.82 Å². The first kappa shape index (κ1) is 11.9. The Hall–Kier alpha value is -1.17. The first-order chi connectivity index (χ1) is 8.66. The molecule has 2 saturated carbocycles. The molecule has 6 heteroatoms. The molecule has 1 aromatic heterocycles. The minimum atomic E-state index is 0.226. The van der Waals surface area contributed by atoms with Gasteiger partial charge in [-0.3, -0.25) is 9.89 Å². The quantitative estimate of drug-likeness (QED) is 0.787. The molecule has 1 heterocycles. The molecule has 18 heavy (non-hydrogen) atoms. The second-order valence-electron chi connectivity index (χ2n) is 5.39. The van der Waals surface area contributed by atoms with Crippen LogP contribution in [-0.4, -0.2) is 27.2 Å². The van der Waals surface area contributed by atoms with E-state index in [9.17, 15) is 4.79 Å². The second-order valence-corrected chi connectivity index (χ2v) is 5.78. The van der Waals surface area contributed by atoms with Crippen molar-refractivity contribution in [3.8, 4) is 0 Å². The maximum atomic E-state index is 11.9. The summed E-state index contributed by atoms with van der Waals surface area (Å²) in [5, 5.41) is 9.87. The average Bonchev–Trinajstić information content (AvgIpc) is 3.23. The van der Waals surface area contributed by atoms with Crippen LogP contribution in [0, 0.1) is 22.5 Å². The molecule has 98 valence electrons. The van der Waals surface area contributed by atoms with Gasteiger partial charge >= 0.3 is 0 Å². The van der Waals surface area contributed by atoms with Gasteiger partial charge in [0.15, 0.2) is 4.77 Å². The van der Waals surface area contributed by atoms with Gasteiger partial charge in [0, 0.05) is 25.9 Å². The highest BCUT2D eigenvalue weighted by Crippen LogP contribution is 2.54. The highest BCUT2D eigenvalue weighted by atomic mass is 32.1. The highest BCUT2D eigenvalue weighted by Gasteiger charge is 2.50. The summed E-state index contributed by atoms with van der Waals surface area (Å²) >= 11 is 5.04. The van der Waals surface area contributed by atoms with Gasteiger partial charge in [0.05, 0.1) is 0 Å². The Bertz CT molecular complexity index is 516. The van der Waals surface area contributed by atoms with Crippen molar-refractivity contribution >= 4 is 18.1 Å². The number of amides is 1. The minimum Gasteiger partial charge on any atom is -0.355 e. The maximum Gasteiger partial charge on any atom is 0.223 e. The summed E-state index contributed by atoms with van der Waals surface area (Å²) in [6, 6.07) is 0. The first-order valence-electron chi connectivity index (χ1n) is 6.55. The van der Waals surface area contributed by atoms with Crippen LogP contribution in [0.5, 0.6) is 0 Å². The molecule has 0 spiro atoms.